The lowest BCUT2D eigenvalue weighted by molar-refractivity contribution is -0.117. The minimum atomic E-state index is -1.07. The fourth-order valence-electron chi connectivity index (χ4n) is 2.72. The Hall–Kier alpha value is -3.35. The summed E-state index contributed by atoms with van der Waals surface area (Å²) >= 11 is 0. The molecule has 5 nitrogen and oxygen atoms in total. The molecule has 0 atom stereocenters. The molecule has 7 heteroatoms. The Morgan fingerprint density at radius 3 is 2.52 bits per heavy atom. The highest BCUT2D eigenvalue weighted by Gasteiger charge is 2.11. The molecule has 0 aliphatic carbocycles. The van der Waals surface area contributed by atoms with Crippen LogP contribution in [0.15, 0.2) is 53.3 Å². The Balaban J connectivity index is 1.83. The van der Waals surface area contributed by atoms with Crippen molar-refractivity contribution in [2.75, 3.05) is 5.32 Å². The zero-order chi connectivity index (χ0) is 19.6. The van der Waals surface area contributed by atoms with Crippen LogP contribution in [0.2, 0.25) is 0 Å². The Morgan fingerprint density at radius 1 is 1.04 bits per heavy atom. The average molecular weight is 369 g/mol. The molecule has 27 heavy (non-hydrogen) atoms. The second-order valence-corrected chi connectivity index (χ2v) is 6.21. The van der Waals surface area contributed by atoms with E-state index in [1.807, 2.05) is 32.0 Å². The molecule has 0 radical (unpaired) electrons. The Labute approximate surface area is 154 Å². The van der Waals surface area contributed by atoms with Crippen molar-refractivity contribution in [2.45, 2.75) is 20.4 Å². The monoisotopic (exact) mass is 369 g/mol. The first-order chi connectivity index (χ1) is 12.8. The Kier molecular flexibility index (Phi) is 5.12. The van der Waals surface area contributed by atoms with Gasteiger partial charge in [-0.25, -0.2) is 13.5 Å². The second kappa shape index (κ2) is 7.49. The van der Waals surface area contributed by atoms with E-state index < -0.39 is 23.1 Å². The molecular formula is C20H17F2N3O2. The maximum Gasteiger partial charge on any atom is 0.267 e. The van der Waals surface area contributed by atoms with E-state index in [-0.39, 0.29) is 12.2 Å². The van der Waals surface area contributed by atoms with Crippen molar-refractivity contribution in [3.8, 4) is 11.3 Å². The summed E-state index contributed by atoms with van der Waals surface area (Å²) in [5.41, 5.74) is 3.18. The molecule has 0 spiro atoms. The molecule has 0 aliphatic heterocycles. The summed E-state index contributed by atoms with van der Waals surface area (Å²) in [6.45, 7) is 3.57. The van der Waals surface area contributed by atoms with Gasteiger partial charge in [0.05, 0.1) is 5.69 Å². The maximum atomic E-state index is 13.2. The van der Waals surface area contributed by atoms with Crippen molar-refractivity contribution < 1.29 is 13.6 Å². The highest BCUT2D eigenvalue weighted by Crippen LogP contribution is 2.21. The summed E-state index contributed by atoms with van der Waals surface area (Å²) in [6.07, 6.45) is 0. The van der Waals surface area contributed by atoms with Crippen molar-refractivity contribution in [2.24, 2.45) is 0 Å². The quantitative estimate of drug-likeness (QED) is 0.766. The molecule has 0 fully saturated rings. The average Bonchev–Trinajstić information content (AvgIpc) is 2.60. The van der Waals surface area contributed by atoms with Gasteiger partial charge in [0.25, 0.3) is 5.56 Å². The maximum absolute atomic E-state index is 13.2. The minimum Gasteiger partial charge on any atom is -0.324 e. The number of aryl methyl sites for hydroxylation is 2. The molecule has 1 amide bonds. The SMILES string of the molecule is Cc1ccc(-c2ccc(=O)n(CC(=O)Nc3ccc(F)c(F)c3)n2)c(C)c1. The lowest BCUT2D eigenvalue weighted by Crippen LogP contribution is -2.29. The molecule has 0 aliphatic rings. The van der Waals surface area contributed by atoms with Crippen molar-refractivity contribution >= 4 is 11.6 Å². The lowest BCUT2D eigenvalue weighted by atomic mass is 10.0. The van der Waals surface area contributed by atoms with Gasteiger partial charge in [0, 0.05) is 23.4 Å². The molecule has 1 heterocycles. The number of carbonyl (C=O) groups is 1. The lowest BCUT2D eigenvalue weighted by Gasteiger charge is -2.10. The van der Waals surface area contributed by atoms with Gasteiger partial charge in [-0.05, 0) is 37.6 Å². The van der Waals surface area contributed by atoms with Gasteiger partial charge in [-0.1, -0.05) is 23.8 Å². The van der Waals surface area contributed by atoms with Gasteiger partial charge >= 0.3 is 0 Å². The molecule has 0 bridgehead atoms. The van der Waals surface area contributed by atoms with Gasteiger partial charge in [-0.2, -0.15) is 5.10 Å². The highest BCUT2D eigenvalue weighted by atomic mass is 19.2. The number of amides is 1. The van der Waals surface area contributed by atoms with E-state index in [0.29, 0.717) is 5.69 Å². The zero-order valence-electron chi connectivity index (χ0n) is 14.8. The fraction of sp³-hybridized carbons (Fsp3) is 0.150. The van der Waals surface area contributed by atoms with E-state index in [1.54, 1.807) is 6.07 Å². The minimum absolute atomic E-state index is 0.0949. The highest BCUT2D eigenvalue weighted by molar-refractivity contribution is 5.90. The number of benzene rings is 2. The smallest absolute Gasteiger partial charge is 0.267 e. The molecule has 0 unspecified atom stereocenters. The van der Waals surface area contributed by atoms with Crippen molar-refractivity contribution in [3.05, 3.63) is 81.6 Å². The topological polar surface area (TPSA) is 64.0 Å². The molecule has 3 rings (SSSR count). The number of halogens is 2. The molecule has 0 saturated carbocycles. The number of hydrogen-bond donors (Lipinski definition) is 1. The van der Waals surface area contributed by atoms with Crippen LogP contribution in [0.1, 0.15) is 11.1 Å². The third-order valence-electron chi connectivity index (χ3n) is 4.02. The van der Waals surface area contributed by atoms with E-state index in [0.717, 1.165) is 33.5 Å². The first kappa shape index (κ1) is 18.4. The molecule has 2 aromatic carbocycles. The standard InChI is InChI=1S/C20H17F2N3O2/c1-12-3-5-15(13(2)9-12)18-7-8-20(27)25(24-18)11-19(26)23-14-4-6-16(21)17(22)10-14/h3-10H,11H2,1-2H3,(H,23,26). The van der Waals surface area contributed by atoms with Crippen molar-refractivity contribution in [3.63, 3.8) is 0 Å². The Bertz CT molecular complexity index is 1080. The largest absolute Gasteiger partial charge is 0.324 e. The van der Waals surface area contributed by atoms with Crippen LogP contribution in [0.25, 0.3) is 11.3 Å². The molecule has 1 N–H and O–H groups in total. The van der Waals surface area contributed by atoms with Crippen LogP contribution in [-0.4, -0.2) is 15.7 Å². The van der Waals surface area contributed by atoms with Crippen LogP contribution in [0.4, 0.5) is 14.5 Å². The number of carbonyl (C=O) groups excluding carboxylic acids is 1. The second-order valence-electron chi connectivity index (χ2n) is 6.21. The number of nitrogens with zero attached hydrogens (tertiary/aromatic N) is 2. The summed E-state index contributed by atoms with van der Waals surface area (Å²) < 4.78 is 27.2. The molecule has 138 valence electrons. The third-order valence-corrected chi connectivity index (χ3v) is 4.02. The van der Waals surface area contributed by atoms with Crippen LogP contribution in [0, 0.1) is 25.5 Å². The molecule has 0 saturated heterocycles. The first-order valence-electron chi connectivity index (χ1n) is 8.24. The summed E-state index contributed by atoms with van der Waals surface area (Å²) in [5.74, 6) is -2.65. The van der Waals surface area contributed by atoms with Crippen LogP contribution in [-0.2, 0) is 11.3 Å². The number of anilines is 1. The van der Waals surface area contributed by atoms with E-state index in [2.05, 4.69) is 10.4 Å². The summed E-state index contributed by atoms with van der Waals surface area (Å²) in [7, 11) is 0. The van der Waals surface area contributed by atoms with Gasteiger partial charge < -0.3 is 5.32 Å². The fourth-order valence-corrected chi connectivity index (χ4v) is 2.72. The van der Waals surface area contributed by atoms with E-state index in [4.69, 9.17) is 0 Å². The predicted octanol–water partition coefficient (Wildman–Crippen LogP) is 3.44. The van der Waals surface area contributed by atoms with E-state index in [9.17, 15) is 18.4 Å². The Morgan fingerprint density at radius 2 is 1.81 bits per heavy atom. The van der Waals surface area contributed by atoms with Gasteiger partial charge in [-0.3, -0.25) is 9.59 Å². The summed E-state index contributed by atoms with van der Waals surface area (Å²) in [5, 5.41) is 6.67. The van der Waals surface area contributed by atoms with Crippen LogP contribution in [0.3, 0.4) is 0 Å². The number of nitrogens with one attached hydrogen (secondary N) is 1. The normalized spacial score (nSPS) is 10.7. The van der Waals surface area contributed by atoms with E-state index in [1.165, 1.54) is 12.1 Å². The number of aromatic nitrogens is 2. The number of hydrogen-bond acceptors (Lipinski definition) is 3. The third kappa shape index (κ3) is 4.25. The van der Waals surface area contributed by atoms with Gasteiger partial charge in [0.1, 0.15) is 6.54 Å². The zero-order valence-corrected chi connectivity index (χ0v) is 14.8. The summed E-state index contributed by atoms with van der Waals surface area (Å²) in [4.78, 5) is 24.2. The van der Waals surface area contributed by atoms with Gasteiger partial charge in [0.15, 0.2) is 11.6 Å². The molecular weight excluding hydrogens is 352 g/mol. The number of rotatable bonds is 4. The van der Waals surface area contributed by atoms with Crippen LogP contribution >= 0.6 is 0 Å². The van der Waals surface area contributed by atoms with Crippen molar-refractivity contribution in [1.29, 1.82) is 0 Å². The van der Waals surface area contributed by atoms with E-state index >= 15 is 0 Å². The van der Waals surface area contributed by atoms with Crippen LogP contribution < -0.4 is 10.9 Å². The van der Waals surface area contributed by atoms with Gasteiger partial charge in [0.2, 0.25) is 5.91 Å². The molecule has 3 aromatic rings. The summed E-state index contributed by atoms with van der Waals surface area (Å²) in [6, 6.07) is 11.8. The van der Waals surface area contributed by atoms with Gasteiger partial charge in [-0.15, -0.1) is 0 Å². The predicted molar refractivity (Wildman–Crippen MR) is 98.4 cm³/mol. The van der Waals surface area contributed by atoms with Crippen LogP contribution in [0.5, 0.6) is 0 Å². The molecule has 1 aromatic heterocycles. The first-order valence-corrected chi connectivity index (χ1v) is 8.24. The van der Waals surface area contributed by atoms with Crippen molar-refractivity contribution in [1.82, 2.24) is 9.78 Å².